The van der Waals surface area contributed by atoms with Gasteiger partial charge >= 0.3 is 5.97 Å². The molecule has 358 valence electrons. The van der Waals surface area contributed by atoms with E-state index in [9.17, 15) is 19.8 Å². The zero-order valence-corrected chi connectivity index (χ0v) is 40.8. The van der Waals surface area contributed by atoms with Gasteiger partial charge in [0.15, 0.2) is 0 Å². The highest BCUT2D eigenvalue weighted by molar-refractivity contribution is 5.77. The van der Waals surface area contributed by atoms with Crippen LogP contribution in [0.3, 0.4) is 0 Å². The lowest BCUT2D eigenvalue weighted by atomic mass is 10.0. The average Bonchev–Trinajstić information content (AvgIpc) is 3.25. The van der Waals surface area contributed by atoms with Crippen molar-refractivity contribution in [3.63, 3.8) is 0 Å². The molecule has 6 nitrogen and oxygen atoms in total. The van der Waals surface area contributed by atoms with Gasteiger partial charge in [-0.3, -0.25) is 9.59 Å². The molecule has 1 amide bonds. The van der Waals surface area contributed by atoms with Gasteiger partial charge in [0.1, 0.15) is 6.10 Å². The largest absolute Gasteiger partial charge is 0.462 e. The number of rotatable bonds is 48. The number of aliphatic hydroxyl groups excluding tert-OH is 2. The highest BCUT2D eigenvalue weighted by atomic mass is 16.5. The molecule has 0 radical (unpaired) electrons. The van der Waals surface area contributed by atoms with Crippen LogP contribution < -0.4 is 5.32 Å². The molecule has 3 unspecified atom stereocenters. The minimum Gasteiger partial charge on any atom is -0.462 e. The number of ether oxygens (including phenoxy) is 1. The summed E-state index contributed by atoms with van der Waals surface area (Å²) in [7, 11) is 0. The predicted octanol–water partition coefficient (Wildman–Crippen LogP) is 16.1. The van der Waals surface area contributed by atoms with Crippen LogP contribution in [0.2, 0.25) is 0 Å². The third kappa shape index (κ3) is 44.5. The Morgan fingerprint density at radius 1 is 0.475 bits per heavy atom. The van der Waals surface area contributed by atoms with Crippen molar-refractivity contribution in [2.24, 2.45) is 0 Å². The Hall–Kier alpha value is -1.92. The van der Waals surface area contributed by atoms with E-state index in [0.717, 1.165) is 64.2 Å². The fraction of sp³-hybridized carbons (Fsp3) is 0.855. The Bertz CT molecular complexity index is 1010. The highest BCUT2D eigenvalue weighted by Crippen LogP contribution is 2.17. The van der Waals surface area contributed by atoms with Crippen molar-refractivity contribution < 1.29 is 24.5 Å². The summed E-state index contributed by atoms with van der Waals surface area (Å²) in [5.41, 5.74) is 0. The SMILES string of the molecule is CCCCCCCCC/C=C/C=C/CCCC(CC(=O)NC(CO)C(O)CCCCCCCCCCCCCC)OC(=O)CCCCCCC/C=C/CCCCCCCCC. The lowest BCUT2D eigenvalue weighted by Gasteiger charge is -2.24. The molecule has 0 aliphatic heterocycles. The number of amides is 1. The maximum absolute atomic E-state index is 13.2. The summed E-state index contributed by atoms with van der Waals surface area (Å²) in [6.45, 7) is 6.47. The second kappa shape index (κ2) is 49.1. The number of allylic oxidation sites excluding steroid dienone is 6. The molecule has 0 saturated heterocycles. The molecule has 61 heavy (non-hydrogen) atoms. The number of nitrogens with one attached hydrogen (secondary N) is 1. The number of carbonyl (C=O) groups excluding carboxylic acids is 2. The van der Waals surface area contributed by atoms with Crippen LogP contribution in [0.5, 0.6) is 0 Å². The first-order valence-electron chi connectivity index (χ1n) is 26.7. The minimum atomic E-state index is -0.798. The number of esters is 1. The van der Waals surface area contributed by atoms with E-state index >= 15 is 0 Å². The van der Waals surface area contributed by atoms with E-state index in [1.165, 1.54) is 167 Å². The molecule has 0 spiro atoms. The van der Waals surface area contributed by atoms with Gasteiger partial charge in [0.05, 0.1) is 25.2 Å². The molecule has 0 aromatic carbocycles. The van der Waals surface area contributed by atoms with Gasteiger partial charge in [0.25, 0.3) is 0 Å². The molecular formula is C55H103NO5. The van der Waals surface area contributed by atoms with E-state index in [4.69, 9.17) is 4.74 Å². The molecule has 0 bridgehead atoms. The summed E-state index contributed by atoms with van der Waals surface area (Å²) in [6.07, 6.45) is 57.8. The first kappa shape index (κ1) is 59.1. The van der Waals surface area contributed by atoms with Crippen LogP contribution in [0.4, 0.5) is 0 Å². The molecule has 0 fully saturated rings. The molecule has 3 N–H and O–H groups in total. The van der Waals surface area contributed by atoms with Crippen LogP contribution in [0.1, 0.15) is 278 Å². The Morgan fingerprint density at radius 2 is 0.852 bits per heavy atom. The molecule has 0 aromatic heterocycles. The quantitative estimate of drug-likeness (QED) is 0.0245. The van der Waals surface area contributed by atoms with E-state index < -0.39 is 18.2 Å². The minimum absolute atomic E-state index is 0.0438. The van der Waals surface area contributed by atoms with E-state index in [1.54, 1.807) is 0 Å². The fourth-order valence-corrected chi connectivity index (χ4v) is 8.13. The summed E-state index contributed by atoms with van der Waals surface area (Å²) in [5, 5.41) is 23.7. The summed E-state index contributed by atoms with van der Waals surface area (Å²) in [6, 6.07) is -0.715. The first-order valence-corrected chi connectivity index (χ1v) is 26.7. The van der Waals surface area contributed by atoms with Crippen LogP contribution in [-0.2, 0) is 14.3 Å². The Balaban J connectivity index is 4.63. The number of hydrogen-bond acceptors (Lipinski definition) is 5. The number of aliphatic hydroxyl groups is 2. The van der Waals surface area contributed by atoms with Crippen molar-refractivity contribution in [3.8, 4) is 0 Å². The maximum Gasteiger partial charge on any atom is 0.306 e. The van der Waals surface area contributed by atoms with Crippen LogP contribution in [0.25, 0.3) is 0 Å². The van der Waals surface area contributed by atoms with Gasteiger partial charge in [-0.1, -0.05) is 231 Å². The van der Waals surface area contributed by atoms with Crippen LogP contribution in [0, 0.1) is 0 Å². The summed E-state index contributed by atoms with van der Waals surface area (Å²) < 4.78 is 5.91. The van der Waals surface area contributed by atoms with Gasteiger partial charge < -0.3 is 20.3 Å². The Morgan fingerprint density at radius 3 is 1.30 bits per heavy atom. The zero-order valence-electron chi connectivity index (χ0n) is 40.8. The third-order valence-corrected chi connectivity index (χ3v) is 12.2. The lowest BCUT2D eigenvalue weighted by Crippen LogP contribution is -2.46. The number of unbranched alkanes of at least 4 members (excludes halogenated alkanes) is 31. The lowest BCUT2D eigenvalue weighted by molar-refractivity contribution is -0.151. The Labute approximate surface area is 379 Å². The van der Waals surface area contributed by atoms with Crippen molar-refractivity contribution >= 4 is 11.9 Å². The monoisotopic (exact) mass is 858 g/mol. The molecule has 0 aliphatic rings. The molecule has 0 aromatic rings. The predicted molar refractivity (Wildman–Crippen MR) is 264 cm³/mol. The standard InChI is InChI=1S/C55H103NO5/c1-4-7-10-13-16-19-22-25-27-28-30-33-36-39-42-45-48-55(60)61-51(46-43-40-37-34-31-29-26-23-20-17-14-11-8-5-2)49-54(59)56-52(50-57)53(58)47-44-41-38-35-32-24-21-18-15-12-9-6-3/h27-29,31,34,37,51-53,57-58H,4-26,30,32-33,35-36,38-50H2,1-3H3,(H,56,59)/b28-27+,31-29+,37-34+. The van der Waals surface area contributed by atoms with Crippen molar-refractivity contribution in [2.45, 2.75) is 296 Å². The normalized spacial score (nSPS) is 13.5. The summed E-state index contributed by atoms with van der Waals surface area (Å²) in [4.78, 5) is 26.1. The van der Waals surface area contributed by atoms with Crippen molar-refractivity contribution in [1.82, 2.24) is 5.32 Å². The zero-order chi connectivity index (χ0) is 44.5. The van der Waals surface area contributed by atoms with Gasteiger partial charge in [-0.05, 0) is 70.6 Å². The van der Waals surface area contributed by atoms with Gasteiger partial charge in [-0.15, -0.1) is 0 Å². The van der Waals surface area contributed by atoms with E-state index in [0.29, 0.717) is 19.3 Å². The first-order chi connectivity index (χ1) is 30.0. The summed E-state index contributed by atoms with van der Waals surface area (Å²) in [5.74, 6) is -0.522. The second-order valence-corrected chi connectivity index (χ2v) is 18.3. The molecule has 3 atom stereocenters. The van der Waals surface area contributed by atoms with Crippen molar-refractivity contribution in [2.75, 3.05) is 6.61 Å². The van der Waals surface area contributed by atoms with Crippen LogP contribution in [0.15, 0.2) is 36.5 Å². The molecule has 0 heterocycles. The molecule has 0 rings (SSSR count). The van der Waals surface area contributed by atoms with Crippen molar-refractivity contribution in [3.05, 3.63) is 36.5 Å². The van der Waals surface area contributed by atoms with Gasteiger partial charge in [0.2, 0.25) is 5.91 Å². The van der Waals surface area contributed by atoms with Gasteiger partial charge in [-0.2, -0.15) is 0 Å². The number of hydrogen-bond donors (Lipinski definition) is 3. The van der Waals surface area contributed by atoms with Crippen molar-refractivity contribution in [1.29, 1.82) is 0 Å². The van der Waals surface area contributed by atoms with Gasteiger partial charge in [0, 0.05) is 6.42 Å². The second-order valence-electron chi connectivity index (χ2n) is 18.3. The Kier molecular flexibility index (Phi) is 47.6. The topological polar surface area (TPSA) is 95.9 Å². The molecule has 0 saturated carbocycles. The smallest absolute Gasteiger partial charge is 0.306 e. The van der Waals surface area contributed by atoms with E-state index in [2.05, 4.69) is 62.5 Å². The van der Waals surface area contributed by atoms with E-state index in [1.807, 2.05) is 0 Å². The van der Waals surface area contributed by atoms with E-state index in [-0.39, 0.29) is 24.9 Å². The maximum atomic E-state index is 13.2. The van der Waals surface area contributed by atoms with Crippen LogP contribution >= 0.6 is 0 Å². The fourth-order valence-electron chi connectivity index (χ4n) is 8.13. The highest BCUT2D eigenvalue weighted by Gasteiger charge is 2.24. The van der Waals surface area contributed by atoms with Crippen LogP contribution in [-0.4, -0.2) is 46.9 Å². The molecule has 0 aliphatic carbocycles. The molecular weight excluding hydrogens is 755 g/mol. The number of carbonyl (C=O) groups is 2. The average molecular weight is 858 g/mol. The summed E-state index contributed by atoms with van der Waals surface area (Å²) >= 11 is 0. The molecule has 6 heteroatoms. The van der Waals surface area contributed by atoms with Gasteiger partial charge in [-0.25, -0.2) is 0 Å². The third-order valence-electron chi connectivity index (χ3n) is 12.2.